The van der Waals surface area contributed by atoms with Crippen molar-refractivity contribution in [2.24, 2.45) is 11.8 Å². The van der Waals surface area contributed by atoms with E-state index in [9.17, 15) is 4.79 Å². The number of hydrogen-bond acceptors (Lipinski definition) is 7. The van der Waals surface area contributed by atoms with Crippen LogP contribution in [0.4, 0.5) is 5.13 Å². The van der Waals surface area contributed by atoms with E-state index in [-0.39, 0.29) is 5.78 Å². The average Bonchev–Trinajstić information content (AvgIpc) is 3.49. The minimum absolute atomic E-state index is 0.121. The standard InChI is InChI=1S/C26H37N5O2S/c1-19(2)8-9-20(16-21-18-27-23-7-5-4-6-22(21)23)17-24(32)25-28-29-26(34-25)31-12-10-30(11-13-31)14-15-33-3/h4-7,18-20,27H,8-17H2,1-3H3. The molecule has 0 spiro atoms. The number of carbonyl (C=O) groups is 1. The van der Waals surface area contributed by atoms with Crippen LogP contribution in [0.5, 0.6) is 0 Å². The number of anilines is 1. The van der Waals surface area contributed by atoms with Gasteiger partial charge in [0.05, 0.1) is 6.61 Å². The Hall–Kier alpha value is -2.29. The second-order valence-corrected chi connectivity index (χ2v) is 10.7. The number of nitrogens with one attached hydrogen (secondary N) is 1. The highest BCUT2D eigenvalue weighted by molar-refractivity contribution is 7.17. The zero-order valence-electron chi connectivity index (χ0n) is 20.6. The third-order valence-corrected chi connectivity index (χ3v) is 7.74. The molecule has 1 aromatic carbocycles. The fraction of sp³-hybridized carbons (Fsp3) is 0.577. The van der Waals surface area contributed by atoms with Crippen LogP contribution < -0.4 is 4.90 Å². The number of nitrogens with zero attached hydrogens (tertiary/aromatic N) is 4. The Morgan fingerprint density at radius 2 is 1.94 bits per heavy atom. The summed E-state index contributed by atoms with van der Waals surface area (Å²) in [6.07, 6.45) is 5.68. The number of H-pyrrole nitrogens is 1. The van der Waals surface area contributed by atoms with E-state index in [0.717, 1.165) is 69.2 Å². The fourth-order valence-electron chi connectivity index (χ4n) is 4.65. The quantitative estimate of drug-likeness (QED) is 0.378. The molecule has 184 valence electrons. The predicted molar refractivity (Wildman–Crippen MR) is 139 cm³/mol. The van der Waals surface area contributed by atoms with Crippen molar-refractivity contribution in [3.63, 3.8) is 0 Å². The maximum absolute atomic E-state index is 13.2. The molecule has 1 fully saturated rings. The molecule has 7 nitrogen and oxygen atoms in total. The SMILES string of the molecule is COCCN1CCN(c2nnc(C(=O)CC(CCC(C)C)Cc3c[nH]c4ccccc34)s2)CC1. The molecule has 1 N–H and O–H groups in total. The van der Waals surface area contributed by atoms with Crippen LogP contribution in [0, 0.1) is 11.8 Å². The van der Waals surface area contributed by atoms with Crippen LogP contribution in [0.15, 0.2) is 30.5 Å². The Morgan fingerprint density at radius 3 is 2.71 bits per heavy atom. The number of fused-ring (bicyclic) bond motifs is 1. The number of ether oxygens (including phenoxy) is 1. The summed E-state index contributed by atoms with van der Waals surface area (Å²) in [5, 5.41) is 11.3. The first-order valence-electron chi connectivity index (χ1n) is 12.4. The van der Waals surface area contributed by atoms with Gasteiger partial charge in [-0.1, -0.05) is 49.8 Å². The first-order valence-corrected chi connectivity index (χ1v) is 13.2. The number of para-hydroxylation sites is 1. The van der Waals surface area contributed by atoms with Gasteiger partial charge in [-0.2, -0.15) is 0 Å². The first kappa shape index (κ1) is 24.8. The second-order valence-electron chi connectivity index (χ2n) is 9.74. The highest BCUT2D eigenvalue weighted by Gasteiger charge is 2.24. The number of Topliss-reactive ketones (excluding diaryl/α,β-unsaturated/α-hetero) is 1. The highest BCUT2D eigenvalue weighted by Crippen LogP contribution is 2.28. The van der Waals surface area contributed by atoms with Crippen LogP contribution in [0.3, 0.4) is 0 Å². The van der Waals surface area contributed by atoms with Crippen molar-refractivity contribution in [3.05, 3.63) is 41.0 Å². The topological polar surface area (TPSA) is 74.3 Å². The molecule has 4 rings (SSSR count). The number of rotatable bonds is 12. The molecule has 34 heavy (non-hydrogen) atoms. The van der Waals surface area contributed by atoms with Gasteiger partial charge in [-0.3, -0.25) is 9.69 Å². The Bertz CT molecular complexity index is 1050. The van der Waals surface area contributed by atoms with E-state index in [2.05, 4.69) is 69.3 Å². The molecular formula is C26H37N5O2S. The molecule has 1 saturated heterocycles. The maximum atomic E-state index is 13.2. The van der Waals surface area contributed by atoms with Gasteiger partial charge in [-0.25, -0.2) is 0 Å². The summed E-state index contributed by atoms with van der Waals surface area (Å²) in [4.78, 5) is 21.2. The molecule has 0 aliphatic carbocycles. The Balaban J connectivity index is 1.38. The van der Waals surface area contributed by atoms with Crippen molar-refractivity contribution in [1.82, 2.24) is 20.1 Å². The molecule has 0 amide bonds. The summed E-state index contributed by atoms with van der Waals surface area (Å²) >= 11 is 1.45. The van der Waals surface area contributed by atoms with Crippen molar-refractivity contribution in [3.8, 4) is 0 Å². The van der Waals surface area contributed by atoms with Gasteiger partial charge in [0.15, 0.2) is 10.8 Å². The van der Waals surface area contributed by atoms with E-state index in [1.54, 1.807) is 7.11 Å². The Labute approximate surface area is 206 Å². The molecule has 1 aliphatic rings. The van der Waals surface area contributed by atoms with Gasteiger partial charge in [-0.15, -0.1) is 10.2 Å². The third kappa shape index (κ3) is 6.43. The smallest absolute Gasteiger partial charge is 0.208 e. The normalized spacial score (nSPS) is 15.9. The molecule has 3 heterocycles. The number of aromatic amines is 1. The molecule has 1 unspecified atom stereocenters. The fourth-order valence-corrected chi connectivity index (χ4v) is 5.49. The van der Waals surface area contributed by atoms with E-state index in [0.29, 0.717) is 23.3 Å². The molecule has 0 radical (unpaired) electrons. The van der Waals surface area contributed by atoms with Gasteiger partial charge in [0.1, 0.15) is 0 Å². The Morgan fingerprint density at radius 1 is 1.15 bits per heavy atom. The van der Waals surface area contributed by atoms with E-state index in [1.807, 2.05) is 0 Å². The molecule has 0 bridgehead atoms. The van der Waals surface area contributed by atoms with Crippen molar-refractivity contribution < 1.29 is 9.53 Å². The highest BCUT2D eigenvalue weighted by atomic mass is 32.1. The minimum Gasteiger partial charge on any atom is -0.383 e. The number of benzene rings is 1. The third-order valence-electron chi connectivity index (χ3n) is 6.72. The van der Waals surface area contributed by atoms with Gasteiger partial charge in [0, 0.05) is 63.4 Å². The molecule has 2 aromatic heterocycles. The molecule has 1 atom stereocenters. The molecule has 8 heteroatoms. The lowest BCUT2D eigenvalue weighted by atomic mass is 9.88. The van der Waals surface area contributed by atoms with Gasteiger partial charge < -0.3 is 14.6 Å². The summed E-state index contributed by atoms with van der Waals surface area (Å²) < 4.78 is 5.19. The lowest BCUT2D eigenvalue weighted by Crippen LogP contribution is -2.47. The van der Waals surface area contributed by atoms with Gasteiger partial charge in [-0.05, 0) is 36.3 Å². The van der Waals surface area contributed by atoms with Crippen LogP contribution in [-0.2, 0) is 11.2 Å². The van der Waals surface area contributed by atoms with E-state index in [4.69, 9.17) is 4.74 Å². The van der Waals surface area contributed by atoms with Gasteiger partial charge in [0.2, 0.25) is 5.13 Å². The zero-order valence-corrected chi connectivity index (χ0v) is 21.4. The van der Waals surface area contributed by atoms with E-state index < -0.39 is 0 Å². The summed E-state index contributed by atoms with van der Waals surface area (Å²) in [6, 6.07) is 8.39. The number of carbonyl (C=O) groups excluding carboxylic acids is 1. The summed E-state index contributed by atoms with van der Waals surface area (Å²) in [6.45, 7) is 9.98. The second kappa shape index (κ2) is 11.9. The lowest BCUT2D eigenvalue weighted by molar-refractivity contribution is 0.0956. The van der Waals surface area contributed by atoms with Crippen molar-refractivity contribution in [1.29, 1.82) is 0 Å². The number of ketones is 1. The lowest BCUT2D eigenvalue weighted by Gasteiger charge is -2.34. The first-order chi connectivity index (χ1) is 16.5. The van der Waals surface area contributed by atoms with Gasteiger partial charge in [0.25, 0.3) is 0 Å². The number of methoxy groups -OCH3 is 1. The maximum Gasteiger partial charge on any atom is 0.208 e. The predicted octanol–water partition coefficient (Wildman–Crippen LogP) is 4.66. The molecule has 3 aromatic rings. The Kier molecular flexibility index (Phi) is 8.69. The summed E-state index contributed by atoms with van der Waals surface area (Å²) in [5.41, 5.74) is 2.45. The summed E-state index contributed by atoms with van der Waals surface area (Å²) in [7, 11) is 1.74. The number of hydrogen-bond donors (Lipinski definition) is 1. The van der Waals surface area contributed by atoms with Gasteiger partial charge >= 0.3 is 0 Å². The summed E-state index contributed by atoms with van der Waals surface area (Å²) in [5.74, 6) is 1.04. The minimum atomic E-state index is 0.121. The van der Waals surface area contributed by atoms with E-state index in [1.165, 1.54) is 22.3 Å². The van der Waals surface area contributed by atoms with Crippen molar-refractivity contribution in [2.75, 3.05) is 51.3 Å². The van der Waals surface area contributed by atoms with Crippen molar-refractivity contribution in [2.45, 2.75) is 39.5 Å². The van der Waals surface area contributed by atoms with Crippen LogP contribution in [0.1, 0.15) is 48.5 Å². The number of aromatic nitrogens is 3. The van der Waals surface area contributed by atoms with E-state index >= 15 is 0 Å². The van der Waals surface area contributed by atoms with Crippen LogP contribution in [-0.4, -0.2) is 72.3 Å². The van der Waals surface area contributed by atoms with Crippen molar-refractivity contribution >= 4 is 33.2 Å². The van der Waals surface area contributed by atoms with Crippen LogP contribution in [0.2, 0.25) is 0 Å². The average molecular weight is 484 g/mol. The monoisotopic (exact) mass is 483 g/mol. The zero-order chi connectivity index (χ0) is 23.9. The molecule has 0 saturated carbocycles. The molecule has 1 aliphatic heterocycles. The number of piperazine rings is 1. The van der Waals surface area contributed by atoms with Crippen LogP contribution in [0.25, 0.3) is 10.9 Å². The largest absolute Gasteiger partial charge is 0.383 e. The molecular weight excluding hydrogens is 446 g/mol. The van der Waals surface area contributed by atoms with Crippen LogP contribution >= 0.6 is 11.3 Å².